The summed E-state index contributed by atoms with van der Waals surface area (Å²) in [6.45, 7) is 6.94. The predicted octanol–water partition coefficient (Wildman–Crippen LogP) is 3.52. The van der Waals surface area contributed by atoms with Crippen LogP contribution in [0.25, 0.3) is 20.8 Å². The number of hydrogen-bond acceptors (Lipinski definition) is 4. The molecule has 1 aliphatic heterocycles. The summed E-state index contributed by atoms with van der Waals surface area (Å²) in [5, 5.41) is 1.05. The fourth-order valence-electron chi connectivity index (χ4n) is 2.28. The summed E-state index contributed by atoms with van der Waals surface area (Å²) < 4.78 is 1.12. The SMILES string of the molecule is CCN=c1cc2sc3cc(N)c(C)cc3nc-2cc1C. The van der Waals surface area contributed by atoms with Gasteiger partial charge in [0.1, 0.15) is 0 Å². The Hall–Kier alpha value is -1.94. The fraction of sp³-hybridized carbons (Fsp3) is 0.250. The van der Waals surface area contributed by atoms with Gasteiger partial charge < -0.3 is 5.73 Å². The molecule has 1 heterocycles. The Morgan fingerprint density at radius 3 is 2.70 bits per heavy atom. The van der Waals surface area contributed by atoms with Gasteiger partial charge in [-0.15, -0.1) is 11.3 Å². The van der Waals surface area contributed by atoms with Crippen molar-refractivity contribution in [2.24, 2.45) is 4.99 Å². The van der Waals surface area contributed by atoms with Gasteiger partial charge in [0.05, 0.1) is 26.1 Å². The minimum Gasteiger partial charge on any atom is -0.398 e. The molecule has 4 heteroatoms. The number of rotatable bonds is 1. The molecule has 0 fully saturated rings. The molecule has 0 amide bonds. The normalized spacial score (nSPS) is 12.4. The van der Waals surface area contributed by atoms with E-state index in [2.05, 4.69) is 37.0 Å². The third-order valence-electron chi connectivity index (χ3n) is 3.41. The summed E-state index contributed by atoms with van der Waals surface area (Å²) in [5.74, 6) is 0. The van der Waals surface area contributed by atoms with Crippen LogP contribution in [0.4, 0.5) is 5.69 Å². The van der Waals surface area contributed by atoms with Gasteiger partial charge in [-0.3, -0.25) is 4.99 Å². The minimum absolute atomic E-state index is 0.796. The van der Waals surface area contributed by atoms with E-state index in [9.17, 15) is 0 Å². The fourth-order valence-corrected chi connectivity index (χ4v) is 3.29. The van der Waals surface area contributed by atoms with Crippen LogP contribution in [0, 0.1) is 13.8 Å². The molecule has 0 spiro atoms. The van der Waals surface area contributed by atoms with E-state index in [4.69, 9.17) is 10.7 Å². The van der Waals surface area contributed by atoms with Crippen LogP contribution < -0.4 is 11.1 Å². The van der Waals surface area contributed by atoms with Crippen molar-refractivity contribution in [1.82, 2.24) is 4.98 Å². The first-order chi connectivity index (χ1) is 9.58. The standard InChI is InChI=1S/C16H17N3S/c1-4-18-12-8-16-14(6-10(12)3)19-13-5-9(2)11(17)7-15(13)20-16/h5-8H,4,17H2,1-3H3. The molecule has 0 aromatic heterocycles. The second-order valence-corrected chi connectivity index (χ2v) is 6.05. The van der Waals surface area contributed by atoms with Gasteiger partial charge in [0.15, 0.2) is 0 Å². The number of anilines is 1. The van der Waals surface area contributed by atoms with E-state index in [1.165, 1.54) is 5.56 Å². The summed E-state index contributed by atoms with van der Waals surface area (Å²) in [7, 11) is 0. The summed E-state index contributed by atoms with van der Waals surface area (Å²) >= 11 is 1.72. The van der Waals surface area contributed by atoms with Crippen LogP contribution in [-0.4, -0.2) is 11.5 Å². The van der Waals surface area contributed by atoms with E-state index >= 15 is 0 Å². The Morgan fingerprint density at radius 1 is 1.15 bits per heavy atom. The van der Waals surface area contributed by atoms with Crippen molar-refractivity contribution in [3.05, 3.63) is 40.7 Å². The maximum absolute atomic E-state index is 5.99. The van der Waals surface area contributed by atoms with Crippen LogP contribution in [0.3, 0.4) is 0 Å². The number of nitrogens with zero attached hydrogens (tertiary/aromatic N) is 2. The van der Waals surface area contributed by atoms with Crippen molar-refractivity contribution < 1.29 is 0 Å². The number of aromatic nitrogens is 1. The van der Waals surface area contributed by atoms with Gasteiger partial charge in [-0.05, 0) is 56.2 Å². The van der Waals surface area contributed by atoms with Gasteiger partial charge in [0.25, 0.3) is 0 Å². The molecular weight excluding hydrogens is 266 g/mol. The first-order valence-corrected chi connectivity index (χ1v) is 7.52. The molecule has 0 bridgehead atoms. The highest BCUT2D eigenvalue weighted by Gasteiger charge is 2.10. The van der Waals surface area contributed by atoms with Crippen molar-refractivity contribution >= 4 is 27.2 Å². The highest BCUT2D eigenvalue weighted by molar-refractivity contribution is 7.21. The van der Waals surface area contributed by atoms with Gasteiger partial charge >= 0.3 is 0 Å². The number of nitrogen functional groups attached to an aromatic ring is 1. The molecule has 0 atom stereocenters. The van der Waals surface area contributed by atoms with E-state index in [0.29, 0.717) is 0 Å². The largest absolute Gasteiger partial charge is 0.398 e. The summed E-state index contributed by atoms with van der Waals surface area (Å²) in [5.41, 5.74) is 11.1. The molecule has 0 radical (unpaired) electrons. The maximum Gasteiger partial charge on any atom is 0.0813 e. The number of fused-ring (bicyclic) bond motifs is 2. The zero-order valence-electron chi connectivity index (χ0n) is 11.9. The highest BCUT2D eigenvalue weighted by atomic mass is 32.1. The Kier molecular flexibility index (Phi) is 3.18. The third-order valence-corrected chi connectivity index (χ3v) is 4.51. The Morgan fingerprint density at radius 2 is 1.95 bits per heavy atom. The molecule has 0 saturated heterocycles. The summed E-state index contributed by atoms with van der Waals surface area (Å²) in [6.07, 6.45) is 0. The van der Waals surface area contributed by atoms with Crippen LogP contribution in [-0.2, 0) is 0 Å². The predicted molar refractivity (Wildman–Crippen MR) is 86.2 cm³/mol. The molecule has 1 aromatic rings. The van der Waals surface area contributed by atoms with E-state index in [1.807, 2.05) is 13.0 Å². The maximum atomic E-state index is 5.99. The monoisotopic (exact) mass is 283 g/mol. The Labute approximate surface area is 122 Å². The zero-order valence-corrected chi connectivity index (χ0v) is 12.7. The second kappa shape index (κ2) is 4.87. The van der Waals surface area contributed by atoms with Gasteiger partial charge in [-0.2, -0.15) is 0 Å². The Balaban J connectivity index is 2.37. The van der Waals surface area contributed by atoms with Gasteiger partial charge in [0, 0.05) is 12.2 Å². The lowest BCUT2D eigenvalue weighted by Crippen LogP contribution is -2.08. The van der Waals surface area contributed by atoms with Gasteiger partial charge in [-0.25, -0.2) is 4.98 Å². The molecule has 3 nitrogen and oxygen atoms in total. The molecule has 20 heavy (non-hydrogen) atoms. The quantitative estimate of drug-likeness (QED) is 0.549. The van der Waals surface area contributed by atoms with Crippen molar-refractivity contribution in [2.75, 3.05) is 12.3 Å². The molecule has 3 rings (SSSR count). The van der Waals surface area contributed by atoms with Gasteiger partial charge in [-0.1, -0.05) is 0 Å². The molecule has 1 aliphatic carbocycles. The molecule has 2 aliphatic rings. The highest BCUT2D eigenvalue weighted by Crippen LogP contribution is 2.32. The summed E-state index contributed by atoms with van der Waals surface area (Å²) in [6, 6.07) is 8.31. The van der Waals surface area contributed by atoms with Crippen molar-refractivity contribution in [3.63, 3.8) is 0 Å². The average molecular weight is 283 g/mol. The Bertz CT molecular complexity index is 833. The van der Waals surface area contributed by atoms with Crippen molar-refractivity contribution in [1.29, 1.82) is 0 Å². The van der Waals surface area contributed by atoms with Crippen LogP contribution in [0.1, 0.15) is 18.1 Å². The van der Waals surface area contributed by atoms with Crippen LogP contribution in [0.15, 0.2) is 29.3 Å². The first-order valence-electron chi connectivity index (χ1n) is 6.70. The number of nitrogens with two attached hydrogens (primary N) is 1. The topological polar surface area (TPSA) is 51.3 Å². The van der Waals surface area contributed by atoms with E-state index in [-0.39, 0.29) is 0 Å². The molecule has 1 aromatic carbocycles. The number of hydrogen-bond donors (Lipinski definition) is 1. The van der Waals surface area contributed by atoms with E-state index in [0.717, 1.165) is 43.9 Å². The molecule has 2 N–H and O–H groups in total. The van der Waals surface area contributed by atoms with E-state index < -0.39 is 0 Å². The van der Waals surface area contributed by atoms with Crippen LogP contribution in [0.2, 0.25) is 0 Å². The van der Waals surface area contributed by atoms with Crippen LogP contribution in [0.5, 0.6) is 0 Å². The molecule has 0 saturated carbocycles. The minimum atomic E-state index is 0.796. The number of aryl methyl sites for hydroxylation is 2. The lowest BCUT2D eigenvalue weighted by Gasteiger charge is -2.09. The van der Waals surface area contributed by atoms with Gasteiger partial charge in [0.2, 0.25) is 0 Å². The first kappa shape index (κ1) is 13.1. The second-order valence-electron chi connectivity index (χ2n) is 4.97. The lowest BCUT2D eigenvalue weighted by atomic mass is 10.1. The number of benzene rings is 2. The zero-order chi connectivity index (χ0) is 14.3. The molecular formula is C16H17N3S. The third kappa shape index (κ3) is 2.16. The summed E-state index contributed by atoms with van der Waals surface area (Å²) in [4.78, 5) is 10.4. The van der Waals surface area contributed by atoms with E-state index in [1.54, 1.807) is 11.3 Å². The average Bonchev–Trinajstić information content (AvgIpc) is 2.40. The molecule has 102 valence electrons. The van der Waals surface area contributed by atoms with Crippen molar-refractivity contribution in [2.45, 2.75) is 20.8 Å². The smallest absolute Gasteiger partial charge is 0.0813 e. The molecule has 0 unspecified atom stereocenters. The van der Waals surface area contributed by atoms with Crippen LogP contribution >= 0.6 is 11.3 Å². The lowest BCUT2D eigenvalue weighted by molar-refractivity contribution is 1.05. The van der Waals surface area contributed by atoms with Crippen molar-refractivity contribution in [3.8, 4) is 10.6 Å².